The highest BCUT2D eigenvalue weighted by Gasteiger charge is 2.51. The van der Waals surface area contributed by atoms with E-state index in [4.69, 9.17) is 24.8 Å². The molecule has 0 saturated carbocycles. The molecule has 0 aromatic rings. The second-order valence-corrected chi connectivity index (χ2v) is 5.87. The zero-order valence-electron chi connectivity index (χ0n) is 12.9. The summed E-state index contributed by atoms with van der Waals surface area (Å²) in [5.74, 6) is -2.40. The van der Waals surface area contributed by atoms with Gasteiger partial charge >= 0.3 is 0 Å². The van der Waals surface area contributed by atoms with Gasteiger partial charge in [0.05, 0.1) is 25.4 Å². The number of aliphatic hydroxyl groups is 7. The molecular formula is C12H21N3O10. The maximum atomic E-state index is 10.3. The van der Waals surface area contributed by atoms with Crippen molar-refractivity contribution in [3.05, 3.63) is 10.4 Å². The molecule has 9 atom stereocenters. The van der Waals surface area contributed by atoms with E-state index in [9.17, 15) is 30.6 Å². The summed E-state index contributed by atoms with van der Waals surface area (Å²) >= 11 is 0. The van der Waals surface area contributed by atoms with Gasteiger partial charge in [0, 0.05) is 4.91 Å². The van der Waals surface area contributed by atoms with Crippen molar-refractivity contribution in [3.63, 3.8) is 0 Å². The molecule has 13 nitrogen and oxygen atoms in total. The van der Waals surface area contributed by atoms with Gasteiger partial charge in [0.2, 0.25) is 5.79 Å². The Morgan fingerprint density at radius 3 is 2.40 bits per heavy atom. The molecule has 1 unspecified atom stereocenters. The Labute approximate surface area is 141 Å². The minimum absolute atomic E-state index is 0.406. The van der Waals surface area contributed by atoms with Crippen molar-refractivity contribution in [1.82, 2.24) is 0 Å². The molecule has 2 aliphatic rings. The predicted molar refractivity (Wildman–Crippen MR) is 75.6 cm³/mol. The van der Waals surface area contributed by atoms with Gasteiger partial charge in [-0.1, -0.05) is 5.11 Å². The largest absolute Gasteiger partial charge is 0.394 e. The maximum absolute atomic E-state index is 10.3. The van der Waals surface area contributed by atoms with Crippen molar-refractivity contribution >= 4 is 0 Å². The molecule has 2 saturated heterocycles. The summed E-state index contributed by atoms with van der Waals surface area (Å²) in [6.45, 7) is -1.87. The first kappa shape index (κ1) is 20.2. The molecule has 0 amide bonds. The summed E-state index contributed by atoms with van der Waals surface area (Å²) in [4.78, 5) is 2.49. The van der Waals surface area contributed by atoms with Crippen LogP contribution >= 0.6 is 0 Å². The van der Waals surface area contributed by atoms with E-state index in [1.54, 1.807) is 0 Å². The molecule has 7 N–H and O–H groups in total. The fourth-order valence-corrected chi connectivity index (χ4v) is 2.59. The van der Waals surface area contributed by atoms with E-state index >= 15 is 0 Å². The van der Waals surface area contributed by atoms with Crippen LogP contribution in [0.3, 0.4) is 0 Å². The van der Waals surface area contributed by atoms with Crippen LogP contribution in [0.5, 0.6) is 0 Å². The number of ether oxygens (including phenoxy) is 3. The van der Waals surface area contributed by atoms with E-state index in [1.165, 1.54) is 0 Å². The molecule has 0 radical (unpaired) electrons. The SMILES string of the molecule is [N-]=[N+]=N[C@@H]1COC(O)(CO[C@H]2O[C@H](CO)[C@@H](O)[C@H](O)[C@H]2O)[C@@H](O)[C@@H]1O. The predicted octanol–water partition coefficient (Wildman–Crippen LogP) is -4.08. The number of azide groups is 1. The Hall–Kier alpha value is -1.09. The van der Waals surface area contributed by atoms with Crippen LogP contribution in [0.25, 0.3) is 10.4 Å². The smallest absolute Gasteiger partial charge is 0.218 e. The molecule has 25 heavy (non-hydrogen) atoms. The molecule has 0 aromatic carbocycles. The summed E-state index contributed by atoms with van der Waals surface area (Å²) in [6.07, 6.45) is -11.3. The van der Waals surface area contributed by atoms with E-state index < -0.39 is 74.6 Å². The Balaban J connectivity index is 2.01. The van der Waals surface area contributed by atoms with E-state index in [0.29, 0.717) is 0 Å². The van der Waals surface area contributed by atoms with Gasteiger partial charge in [-0.15, -0.1) is 0 Å². The van der Waals surface area contributed by atoms with Gasteiger partial charge in [-0.3, -0.25) is 0 Å². The molecule has 2 heterocycles. The second kappa shape index (κ2) is 8.07. The van der Waals surface area contributed by atoms with Gasteiger partial charge in [0.25, 0.3) is 0 Å². The minimum atomic E-state index is -2.40. The van der Waals surface area contributed by atoms with Crippen LogP contribution in [0.4, 0.5) is 0 Å². The van der Waals surface area contributed by atoms with Crippen LogP contribution in [0, 0.1) is 0 Å². The Kier molecular flexibility index (Phi) is 6.53. The number of aliphatic hydroxyl groups excluding tert-OH is 6. The van der Waals surface area contributed by atoms with Crippen LogP contribution in [-0.4, -0.2) is 110 Å². The fourth-order valence-electron chi connectivity index (χ4n) is 2.59. The van der Waals surface area contributed by atoms with Crippen molar-refractivity contribution < 1.29 is 50.0 Å². The first-order valence-corrected chi connectivity index (χ1v) is 7.44. The molecule has 2 aliphatic heterocycles. The first-order valence-electron chi connectivity index (χ1n) is 7.44. The average molecular weight is 367 g/mol. The van der Waals surface area contributed by atoms with Gasteiger partial charge in [-0.2, -0.15) is 0 Å². The minimum Gasteiger partial charge on any atom is -0.394 e. The van der Waals surface area contributed by atoms with Crippen LogP contribution < -0.4 is 0 Å². The first-order chi connectivity index (χ1) is 11.7. The highest BCUT2D eigenvalue weighted by Crippen LogP contribution is 2.28. The third-order valence-corrected chi connectivity index (χ3v) is 4.19. The highest BCUT2D eigenvalue weighted by molar-refractivity contribution is 4.95. The Bertz CT molecular complexity index is 504. The average Bonchev–Trinajstić information content (AvgIpc) is 2.60. The molecule has 0 spiro atoms. The molecule has 0 aliphatic carbocycles. The number of nitrogens with zero attached hydrogens (tertiary/aromatic N) is 3. The molecule has 2 rings (SSSR count). The fraction of sp³-hybridized carbons (Fsp3) is 1.00. The lowest BCUT2D eigenvalue weighted by Crippen LogP contribution is -2.64. The zero-order valence-corrected chi connectivity index (χ0v) is 12.9. The third kappa shape index (κ3) is 4.02. The summed E-state index contributed by atoms with van der Waals surface area (Å²) < 4.78 is 15.2. The lowest BCUT2D eigenvalue weighted by atomic mass is 9.96. The van der Waals surface area contributed by atoms with E-state index in [1.807, 2.05) is 0 Å². The topological polar surface area (TPSA) is 218 Å². The van der Waals surface area contributed by atoms with Gasteiger partial charge in [-0.05, 0) is 5.53 Å². The normalized spacial score (nSPS) is 48.0. The van der Waals surface area contributed by atoms with Crippen molar-refractivity contribution in [2.45, 2.75) is 54.7 Å². The maximum Gasteiger partial charge on any atom is 0.218 e. The van der Waals surface area contributed by atoms with Crippen molar-refractivity contribution in [3.8, 4) is 0 Å². The summed E-state index contributed by atoms with van der Waals surface area (Å²) in [5, 5.41) is 71.5. The van der Waals surface area contributed by atoms with Gasteiger partial charge in [0.15, 0.2) is 6.29 Å². The van der Waals surface area contributed by atoms with Gasteiger partial charge < -0.3 is 50.0 Å². The summed E-state index contributed by atoms with van der Waals surface area (Å²) in [7, 11) is 0. The van der Waals surface area contributed by atoms with Crippen LogP contribution in [-0.2, 0) is 14.2 Å². The highest BCUT2D eigenvalue weighted by atomic mass is 16.7. The lowest BCUT2D eigenvalue weighted by Gasteiger charge is -2.44. The van der Waals surface area contributed by atoms with E-state index in [-0.39, 0.29) is 0 Å². The monoisotopic (exact) mass is 367 g/mol. The second-order valence-electron chi connectivity index (χ2n) is 5.87. The molecule has 0 aromatic heterocycles. The quantitative estimate of drug-likeness (QED) is 0.141. The molecule has 0 bridgehead atoms. The summed E-state index contributed by atoms with van der Waals surface area (Å²) in [6, 6.07) is -1.12. The van der Waals surface area contributed by atoms with Crippen molar-refractivity contribution in [2.24, 2.45) is 5.11 Å². The zero-order chi connectivity index (χ0) is 18.8. The van der Waals surface area contributed by atoms with Crippen molar-refractivity contribution in [2.75, 3.05) is 19.8 Å². The Morgan fingerprint density at radius 2 is 1.80 bits per heavy atom. The number of hydrogen-bond donors (Lipinski definition) is 7. The standard InChI is InChI=1S/C12H21N3O10/c13-15-14-4-2-24-12(22,10(21)6(4)17)3-23-11-9(20)8(19)7(18)5(1-16)25-11/h4-11,16-22H,1-3H2/t4-,5-,6-,7-,8+,9-,10+,11+,12?/m1/s1. The summed E-state index contributed by atoms with van der Waals surface area (Å²) in [5.41, 5.74) is 8.36. The Morgan fingerprint density at radius 1 is 1.12 bits per heavy atom. The molecule has 144 valence electrons. The van der Waals surface area contributed by atoms with E-state index in [2.05, 4.69) is 10.0 Å². The number of rotatable bonds is 5. The number of hydrogen-bond acceptors (Lipinski definition) is 11. The van der Waals surface area contributed by atoms with Crippen molar-refractivity contribution in [1.29, 1.82) is 0 Å². The molecular weight excluding hydrogens is 346 g/mol. The van der Waals surface area contributed by atoms with Crippen LogP contribution in [0.1, 0.15) is 0 Å². The van der Waals surface area contributed by atoms with Crippen LogP contribution in [0.15, 0.2) is 5.11 Å². The van der Waals surface area contributed by atoms with E-state index in [0.717, 1.165) is 0 Å². The lowest BCUT2D eigenvalue weighted by molar-refractivity contribution is -0.356. The van der Waals surface area contributed by atoms with Crippen LogP contribution in [0.2, 0.25) is 0 Å². The molecule has 2 fully saturated rings. The van der Waals surface area contributed by atoms with Gasteiger partial charge in [-0.25, -0.2) is 0 Å². The third-order valence-electron chi connectivity index (χ3n) is 4.19. The molecule has 13 heteroatoms. The van der Waals surface area contributed by atoms with Gasteiger partial charge in [0.1, 0.15) is 37.1 Å².